The van der Waals surface area contributed by atoms with Gasteiger partial charge < -0.3 is 10.5 Å². The maximum absolute atomic E-state index is 11.2. The molecule has 1 aliphatic rings. The van der Waals surface area contributed by atoms with Gasteiger partial charge in [0.2, 0.25) is 5.91 Å². The number of amides is 1. The number of nitrogens with zero attached hydrogens (tertiary/aromatic N) is 1. The van der Waals surface area contributed by atoms with Crippen molar-refractivity contribution in [2.75, 3.05) is 26.3 Å². The molecule has 0 saturated carbocycles. The Labute approximate surface area is 82.2 Å². The summed E-state index contributed by atoms with van der Waals surface area (Å²) in [5.74, 6) is -0.158. The van der Waals surface area contributed by atoms with Crippen molar-refractivity contribution < 1.29 is 9.53 Å². The lowest BCUT2D eigenvalue weighted by Crippen LogP contribution is -2.48. The molecule has 0 bridgehead atoms. The lowest BCUT2D eigenvalue weighted by Gasteiger charge is -2.26. The van der Waals surface area contributed by atoms with Crippen LogP contribution >= 0.6 is 12.2 Å². The second kappa shape index (κ2) is 5.11. The number of ether oxygens (including phenoxy) is 1. The Morgan fingerprint density at radius 1 is 1.54 bits per heavy atom. The number of morpholine rings is 1. The second-order valence-electron chi connectivity index (χ2n) is 2.78. The van der Waals surface area contributed by atoms with Crippen molar-refractivity contribution in [1.29, 1.82) is 0 Å². The number of thiocarbonyl (C=S) groups is 1. The molecule has 1 saturated heterocycles. The first-order chi connectivity index (χ1) is 6.18. The Kier molecular flexibility index (Phi) is 4.07. The molecule has 1 rings (SSSR count). The fourth-order valence-electron chi connectivity index (χ4n) is 1.05. The van der Waals surface area contributed by atoms with E-state index < -0.39 is 0 Å². The monoisotopic (exact) mass is 203 g/mol. The summed E-state index contributed by atoms with van der Waals surface area (Å²) in [6, 6.07) is 0. The Bertz CT molecular complexity index is 204. The minimum absolute atomic E-state index is 0.104. The largest absolute Gasteiger partial charge is 0.393 e. The molecule has 1 fully saturated rings. The number of hydrazine groups is 1. The van der Waals surface area contributed by atoms with E-state index in [9.17, 15) is 4.79 Å². The van der Waals surface area contributed by atoms with Gasteiger partial charge in [-0.25, -0.2) is 5.01 Å². The molecule has 0 atom stereocenters. The van der Waals surface area contributed by atoms with Crippen LogP contribution in [-0.2, 0) is 9.53 Å². The highest BCUT2D eigenvalue weighted by molar-refractivity contribution is 7.80. The lowest BCUT2D eigenvalue weighted by molar-refractivity contribution is -0.126. The maximum atomic E-state index is 11.2. The van der Waals surface area contributed by atoms with Crippen LogP contribution in [0.4, 0.5) is 0 Å². The van der Waals surface area contributed by atoms with E-state index in [1.807, 2.05) is 5.01 Å². The smallest absolute Gasteiger partial charge is 0.241 e. The number of nitrogens with two attached hydrogens (primary N) is 1. The number of rotatable bonds is 3. The molecular formula is C7H13N3O2S. The third-order valence-corrected chi connectivity index (χ3v) is 1.77. The van der Waals surface area contributed by atoms with Crippen molar-refractivity contribution in [1.82, 2.24) is 10.4 Å². The Balaban J connectivity index is 2.22. The molecule has 1 heterocycles. The van der Waals surface area contributed by atoms with Crippen LogP contribution in [0.5, 0.6) is 0 Å². The van der Waals surface area contributed by atoms with E-state index in [1.54, 1.807) is 0 Å². The number of carbonyl (C=O) groups excluding carboxylic acids is 1. The van der Waals surface area contributed by atoms with Crippen molar-refractivity contribution in [3.63, 3.8) is 0 Å². The Hall–Kier alpha value is -0.720. The first-order valence-corrected chi connectivity index (χ1v) is 4.50. The summed E-state index contributed by atoms with van der Waals surface area (Å²) in [5, 5.41) is 1.81. The molecule has 0 aromatic carbocycles. The summed E-state index contributed by atoms with van der Waals surface area (Å²) >= 11 is 4.61. The summed E-state index contributed by atoms with van der Waals surface area (Å²) in [4.78, 5) is 11.4. The molecule has 3 N–H and O–H groups in total. The summed E-state index contributed by atoms with van der Waals surface area (Å²) in [6.45, 7) is 2.72. The van der Waals surface area contributed by atoms with Crippen molar-refractivity contribution in [3.8, 4) is 0 Å². The zero-order chi connectivity index (χ0) is 9.68. The number of hydrogen-bond acceptors (Lipinski definition) is 4. The van der Waals surface area contributed by atoms with E-state index in [2.05, 4.69) is 17.6 Å². The average Bonchev–Trinajstić information content (AvgIpc) is 2.04. The molecule has 0 aromatic heterocycles. The topological polar surface area (TPSA) is 67.6 Å². The third kappa shape index (κ3) is 4.16. The molecule has 0 aliphatic carbocycles. The minimum Gasteiger partial charge on any atom is -0.393 e. The molecule has 0 radical (unpaired) electrons. The quantitative estimate of drug-likeness (QED) is 0.577. The SMILES string of the molecule is NC(=S)CC(=O)NN1CCOCC1. The number of nitrogens with one attached hydrogen (secondary N) is 1. The van der Waals surface area contributed by atoms with Gasteiger partial charge in [-0.15, -0.1) is 0 Å². The van der Waals surface area contributed by atoms with Crippen molar-refractivity contribution in [2.45, 2.75) is 6.42 Å². The molecule has 1 amide bonds. The summed E-state index contributed by atoms with van der Waals surface area (Å²) < 4.78 is 5.12. The van der Waals surface area contributed by atoms with Crippen molar-refractivity contribution >= 4 is 23.1 Å². The van der Waals surface area contributed by atoms with Gasteiger partial charge in [0.1, 0.15) is 0 Å². The van der Waals surface area contributed by atoms with Crippen LogP contribution in [0, 0.1) is 0 Å². The minimum atomic E-state index is -0.158. The Morgan fingerprint density at radius 3 is 2.69 bits per heavy atom. The molecule has 5 nitrogen and oxygen atoms in total. The molecule has 0 unspecified atom stereocenters. The van der Waals surface area contributed by atoms with E-state index in [0.29, 0.717) is 26.3 Å². The van der Waals surface area contributed by atoms with Gasteiger partial charge in [0.05, 0.1) is 24.6 Å². The van der Waals surface area contributed by atoms with E-state index >= 15 is 0 Å². The zero-order valence-corrected chi connectivity index (χ0v) is 8.10. The Morgan fingerprint density at radius 2 is 2.15 bits per heavy atom. The van der Waals surface area contributed by atoms with Gasteiger partial charge in [-0.05, 0) is 0 Å². The van der Waals surface area contributed by atoms with Crippen LogP contribution in [0.2, 0.25) is 0 Å². The van der Waals surface area contributed by atoms with E-state index in [1.165, 1.54) is 0 Å². The first-order valence-electron chi connectivity index (χ1n) is 4.09. The highest BCUT2D eigenvalue weighted by atomic mass is 32.1. The fourth-order valence-corrected chi connectivity index (χ4v) is 1.18. The predicted octanol–water partition coefficient (Wildman–Crippen LogP) is -0.974. The summed E-state index contributed by atoms with van der Waals surface area (Å²) in [6.07, 6.45) is 0.104. The zero-order valence-electron chi connectivity index (χ0n) is 7.28. The van der Waals surface area contributed by atoms with Crippen LogP contribution in [0.3, 0.4) is 0 Å². The van der Waals surface area contributed by atoms with Gasteiger partial charge in [0.25, 0.3) is 0 Å². The predicted molar refractivity (Wildman–Crippen MR) is 51.9 cm³/mol. The van der Waals surface area contributed by atoms with Crippen LogP contribution in [0.25, 0.3) is 0 Å². The van der Waals surface area contributed by atoms with Gasteiger partial charge in [-0.3, -0.25) is 10.2 Å². The molecule has 0 spiro atoms. The van der Waals surface area contributed by atoms with Gasteiger partial charge in [-0.2, -0.15) is 0 Å². The summed E-state index contributed by atoms with van der Waals surface area (Å²) in [5.41, 5.74) is 7.92. The number of hydrogen-bond donors (Lipinski definition) is 2. The normalized spacial score (nSPS) is 18.2. The standard InChI is InChI=1S/C7H13N3O2S/c8-6(13)5-7(11)9-10-1-3-12-4-2-10/h1-5H2,(H2,8,13)(H,9,11). The highest BCUT2D eigenvalue weighted by Gasteiger charge is 2.12. The highest BCUT2D eigenvalue weighted by Crippen LogP contribution is 1.93. The van der Waals surface area contributed by atoms with Gasteiger partial charge in [0, 0.05) is 13.1 Å². The van der Waals surface area contributed by atoms with E-state index in [-0.39, 0.29) is 17.3 Å². The van der Waals surface area contributed by atoms with Gasteiger partial charge in [-0.1, -0.05) is 12.2 Å². The number of carbonyl (C=O) groups is 1. The van der Waals surface area contributed by atoms with E-state index in [4.69, 9.17) is 10.5 Å². The van der Waals surface area contributed by atoms with Crippen LogP contribution in [-0.4, -0.2) is 42.2 Å². The molecular weight excluding hydrogens is 190 g/mol. The van der Waals surface area contributed by atoms with E-state index in [0.717, 1.165) is 0 Å². The summed E-state index contributed by atoms with van der Waals surface area (Å²) in [7, 11) is 0. The average molecular weight is 203 g/mol. The fraction of sp³-hybridized carbons (Fsp3) is 0.714. The van der Waals surface area contributed by atoms with Gasteiger partial charge >= 0.3 is 0 Å². The van der Waals surface area contributed by atoms with Crippen molar-refractivity contribution in [2.24, 2.45) is 5.73 Å². The molecule has 0 aromatic rings. The molecule has 13 heavy (non-hydrogen) atoms. The first kappa shape index (κ1) is 10.4. The molecule has 74 valence electrons. The van der Waals surface area contributed by atoms with Crippen LogP contribution in [0.15, 0.2) is 0 Å². The van der Waals surface area contributed by atoms with Crippen molar-refractivity contribution in [3.05, 3.63) is 0 Å². The van der Waals surface area contributed by atoms with Crippen LogP contribution in [0.1, 0.15) is 6.42 Å². The lowest BCUT2D eigenvalue weighted by atomic mass is 10.4. The third-order valence-electron chi connectivity index (χ3n) is 1.63. The van der Waals surface area contributed by atoms with Crippen LogP contribution < -0.4 is 11.2 Å². The molecule has 1 aliphatic heterocycles. The maximum Gasteiger partial charge on any atom is 0.241 e. The molecule has 6 heteroatoms. The van der Waals surface area contributed by atoms with Gasteiger partial charge in [0.15, 0.2) is 0 Å². The second-order valence-corrected chi connectivity index (χ2v) is 3.30.